The molecule has 0 aliphatic carbocycles. The fraction of sp³-hybridized carbons (Fsp3) is 0.500. The SMILES string of the molecule is CO[C@@H](C1OC(CO)[C@@H](O)[C@@H]1O)[C@H](O)c1ccc(-c2ccnc(N(C)C)c2)cc1C. The Morgan fingerprint density at radius 1 is 1.13 bits per heavy atom. The van der Waals surface area contributed by atoms with Gasteiger partial charge in [0, 0.05) is 27.4 Å². The molecule has 2 heterocycles. The van der Waals surface area contributed by atoms with Crippen LogP contribution in [0.2, 0.25) is 0 Å². The van der Waals surface area contributed by atoms with Crippen LogP contribution in [-0.4, -0.2) is 83.7 Å². The topological polar surface area (TPSA) is 116 Å². The number of benzene rings is 1. The minimum Gasteiger partial charge on any atom is -0.394 e. The van der Waals surface area contributed by atoms with Crippen LogP contribution in [-0.2, 0) is 9.47 Å². The average Bonchev–Trinajstić information content (AvgIpc) is 3.02. The molecule has 8 heteroatoms. The number of pyridine rings is 1. The quantitative estimate of drug-likeness (QED) is 0.518. The van der Waals surface area contributed by atoms with Gasteiger partial charge >= 0.3 is 0 Å². The Bertz CT molecular complexity index is 861. The van der Waals surface area contributed by atoms with E-state index in [4.69, 9.17) is 9.47 Å². The number of aromatic nitrogens is 1. The largest absolute Gasteiger partial charge is 0.394 e. The predicted molar refractivity (Wildman–Crippen MR) is 112 cm³/mol. The second-order valence-corrected chi connectivity index (χ2v) is 7.82. The van der Waals surface area contributed by atoms with Crippen LogP contribution in [0.3, 0.4) is 0 Å². The zero-order valence-corrected chi connectivity index (χ0v) is 17.6. The maximum atomic E-state index is 11.0. The molecule has 164 valence electrons. The number of anilines is 1. The third-order valence-electron chi connectivity index (χ3n) is 5.61. The molecule has 6 atom stereocenters. The van der Waals surface area contributed by atoms with Gasteiger partial charge in [-0.15, -0.1) is 0 Å². The van der Waals surface area contributed by atoms with Crippen molar-refractivity contribution in [2.45, 2.75) is 43.5 Å². The summed E-state index contributed by atoms with van der Waals surface area (Å²) in [6, 6.07) is 9.61. The van der Waals surface area contributed by atoms with Crippen LogP contribution in [0.1, 0.15) is 17.2 Å². The summed E-state index contributed by atoms with van der Waals surface area (Å²) in [5.74, 6) is 0.845. The van der Waals surface area contributed by atoms with E-state index < -0.39 is 43.2 Å². The third kappa shape index (κ3) is 4.34. The Labute approximate surface area is 176 Å². The second kappa shape index (κ2) is 9.38. The fourth-order valence-electron chi connectivity index (χ4n) is 3.85. The van der Waals surface area contributed by atoms with Crippen molar-refractivity contribution in [1.82, 2.24) is 4.98 Å². The van der Waals surface area contributed by atoms with E-state index in [9.17, 15) is 20.4 Å². The molecule has 3 rings (SSSR count). The number of rotatable bonds is 7. The highest BCUT2D eigenvalue weighted by atomic mass is 16.6. The molecule has 8 nitrogen and oxygen atoms in total. The summed E-state index contributed by atoms with van der Waals surface area (Å²) in [6.45, 7) is 1.45. The lowest BCUT2D eigenvalue weighted by Crippen LogP contribution is -2.43. The van der Waals surface area contributed by atoms with Crippen LogP contribution in [0.5, 0.6) is 0 Å². The summed E-state index contributed by atoms with van der Waals surface area (Å²) in [5, 5.41) is 40.6. The lowest BCUT2D eigenvalue weighted by atomic mass is 9.91. The van der Waals surface area contributed by atoms with Crippen molar-refractivity contribution < 1.29 is 29.9 Å². The van der Waals surface area contributed by atoms with Gasteiger partial charge in [-0.05, 0) is 41.3 Å². The second-order valence-electron chi connectivity index (χ2n) is 7.82. The molecular weight excluding hydrogens is 388 g/mol. The molecule has 2 aromatic rings. The van der Waals surface area contributed by atoms with Crippen LogP contribution in [0, 0.1) is 6.92 Å². The lowest BCUT2D eigenvalue weighted by Gasteiger charge is -2.29. The molecule has 0 amide bonds. The molecular formula is C22H30N2O6. The van der Waals surface area contributed by atoms with Gasteiger partial charge in [-0.3, -0.25) is 0 Å². The summed E-state index contributed by atoms with van der Waals surface area (Å²) in [6.07, 6.45) is -4.67. The Morgan fingerprint density at radius 2 is 1.83 bits per heavy atom. The number of aryl methyl sites for hydroxylation is 1. The van der Waals surface area contributed by atoms with Crippen LogP contribution in [0.15, 0.2) is 36.5 Å². The van der Waals surface area contributed by atoms with E-state index in [-0.39, 0.29) is 0 Å². The van der Waals surface area contributed by atoms with Gasteiger partial charge in [-0.25, -0.2) is 4.98 Å². The summed E-state index contributed by atoms with van der Waals surface area (Å²) in [5.41, 5.74) is 3.46. The maximum Gasteiger partial charge on any atom is 0.128 e. The van der Waals surface area contributed by atoms with Gasteiger partial charge in [0.25, 0.3) is 0 Å². The number of hydrogen-bond acceptors (Lipinski definition) is 8. The zero-order valence-electron chi connectivity index (χ0n) is 17.6. The van der Waals surface area contributed by atoms with Crippen molar-refractivity contribution in [3.05, 3.63) is 47.7 Å². The molecule has 1 aliphatic heterocycles. The molecule has 1 aromatic heterocycles. The summed E-state index contributed by atoms with van der Waals surface area (Å²) < 4.78 is 11.0. The van der Waals surface area contributed by atoms with Crippen LogP contribution < -0.4 is 4.90 Å². The highest BCUT2D eigenvalue weighted by molar-refractivity contribution is 5.67. The van der Waals surface area contributed by atoms with Crippen molar-refractivity contribution in [2.24, 2.45) is 0 Å². The molecule has 0 radical (unpaired) electrons. The Hall–Kier alpha value is -2.07. The van der Waals surface area contributed by atoms with Crippen LogP contribution in [0.25, 0.3) is 11.1 Å². The standard InChI is InChI=1S/C22H30N2O6/c1-12-9-13(14-7-8-23-17(10-14)24(2)3)5-6-15(12)18(26)21(29-4)22-20(28)19(27)16(11-25)30-22/h5-10,16,18-22,25-28H,11H2,1-4H3/t16?,18-,19-,20+,21-,22?/m1/s1. The van der Waals surface area contributed by atoms with Gasteiger partial charge in [0.05, 0.1) is 6.61 Å². The molecule has 0 saturated carbocycles. The first kappa shape index (κ1) is 22.6. The van der Waals surface area contributed by atoms with Gasteiger partial charge in [-0.2, -0.15) is 0 Å². The van der Waals surface area contributed by atoms with Crippen LogP contribution >= 0.6 is 0 Å². The van der Waals surface area contributed by atoms with E-state index >= 15 is 0 Å². The molecule has 0 spiro atoms. The van der Waals surface area contributed by atoms with Gasteiger partial charge in [0.15, 0.2) is 0 Å². The van der Waals surface area contributed by atoms with Crippen molar-refractivity contribution in [3.63, 3.8) is 0 Å². The van der Waals surface area contributed by atoms with Crippen molar-refractivity contribution in [3.8, 4) is 11.1 Å². The Balaban J connectivity index is 1.86. The zero-order chi connectivity index (χ0) is 22.0. The highest BCUT2D eigenvalue weighted by Gasteiger charge is 2.48. The smallest absolute Gasteiger partial charge is 0.128 e. The first-order valence-electron chi connectivity index (χ1n) is 9.86. The van der Waals surface area contributed by atoms with E-state index in [1.807, 2.05) is 56.3 Å². The lowest BCUT2D eigenvalue weighted by molar-refractivity contribution is -0.129. The predicted octanol–water partition coefficient (Wildman–Crippen LogP) is 0.653. The van der Waals surface area contributed by atoms with E-state index in [0.29, 0.717) is 5.56 Å². The molecule has 4 N–H and O–H groups in total. The van der Waals surface area contributed by atoms with Crippen molar-refractivity contribution in [2.75, 3.05) is 32.7 Å². The Morgan fingerprint density at radius 3 is 2.40 bits per heavy atom. The van der Waals surface area contributed by atoms with E-state index in [1.54, 1.807) is 6.20 Å². The van der Waals surface area contributed by atoms with E-state index in [2.05, 4.69) is 4.98 Å². The van der Waals surface area contributed by atoms with Gasteiger partial charge < -0.3 is 34.8 Å². The van der Waals surface area contributed by atoms with E-state index in [1.165, 1.54) is 7.11 Å². The van der Waals surface area contributed by atoms with E-state index in [0.717, 1.165) is 22.5 Å². The fourth-order valence-corrected chi connectivity index (χ4v) is 3.85. The molecule has 1 aromatic carbocycles. The molecule has 30 heavy (non-hydrogen) atoms. The molecule has 2 unspecified atom stereocenters. The first-order chi connectivity index (χ1) is 14.3. The minimum atomic E-state index is -1.28. The number of hydrogen-bond donors (Lipinski definition) is 4. The monoisotopic (exact) mass is 418 g/mol. The maximum absolute atomic E-state index is 11.0. The van der Waals surface area contributed by atoms with Gasteiger partial charge in [0.1, 0.15) is 42.4 Å². The van der Waals surface area contributed by atoms with Crippen molar-refractivity contribution >= 4 is 5.82 Å². The average molecular weight is 418 g/mol. The van der Waals surface area contributed by atoms with Crippen LogP contribution in [0.4, 0.5) is 5.82 Å². The number of ether oxygens (including phenoxy) is 2. The van der Waals surface area contributed by atoms with Crippen molar-refractivity contribution in [1.29, 1.82) is 0 Å². The normalized spacial score (nSPS) is 25.9. The Kier molecular flexibility index (Phi) is 7.07. The number of aliphatic hydroxyl groups is 4. The molecule has 1 aliphatic rings. The van der Waals surface area contributed by atoms with Gasteiger partial charge in [0.2, 0.25) is 0 Å². The minimum absolute atomic E-state index is 0.435. The molecule has 1 saturated heterocycles. The number of aliphatic hydroxyl groups excluding tert-OH is 4. The summed E-state index contributed by atoms with van der Waals surface area (Å²) in [7, 11) is 5.27. The molecule has 1 fully saturated rings. The first-order valence-corrected chi connectivity index (χ1v) is 9.86. The highest BCUT2D eigenvalue weighted by Crippen LogP contribution is 2.34. The summed E-state index contributed by atoms with van der Waals surface area (Å²) in [4.78, 5) is 6.26. The van der Waals surface area contributed by atoms with Gasteiger partial charge in [-0.1, -0.05) is 18.2 Å². The summed E-state index contributed by atoms with van der Waals surface area (Å²) >= 11 is 0. The number of methoxy groups -OCH3 is 1. The number of nitrogens with zero attached hydrogens (tertiary/aromatic N) is 2. The third-order valence-corrected chi connectivity index (χ3v) is 5.61. The molecule has 0 bridgehead atoms.